The molecule has 1 N–H and O–H groups in total. The molecule has 1 aromatic carbocycles. The van der Waals surface area contributed by atoms with E-state index in [1.54, 1.807) is 7.11 Å². The van der Waals surface area contributed by atoms with Gasteiger partial charge in [0.05, 0.1) is 19.8 Å². The van der Waals surface area contributed by atoms with Crippen molar-refractivity contribution >= 4 is 0 Å². The van der Waals surface area contributed by atoms with Crippen LogP contribution in [-0.4, -0.2) is 44.4 Å². The second-order valence-electron chi connectivity index (χ2n) is 6.05. The molecule has 0 amide bonds. The maximum Gasteiger partial charge on any atom is 0.123 e. The SMILES string of the molecule is CNCc1ccc(OC)c(CN2CCOC3CCCC32)c1. The summed E-state index contributed by atoms with van der Waals surface area (Å²) < 4.78 is 11.5. The summed E-state index contributed by atoms with van der Waals surface area (Å²) in [5, 5.41) is 3.21. The van der Waals surface area contributed by atoms with Gasteiger partial charge in [-0.15, -0.1) is 0 Å². The molecule has 4 nitrogen and oxygen atoms in total. The molecule has 2 aliphatic rings. The summed E-state index contributed by atoms with van der Waals surface area (Å²) in [6.07, 6.45) is 4.23. The number of rotatable bonds is 5. The quantitative estimate of drug-likeness (QED) is 0.901. The summed E-state index contributed by atoms with van der Waals surface area (Å²) in [5.41, 5.74) is 2.60. The highest BCUT2D eigenvalue weighted by Crippen LogP contribution is 2.32. The third kappa shape index (κ3) is 3.23. The van der Waals surface area contributed by atoms with Gasteiger partial charge in [-0.3, -0.25) is 4.90 Å². The van der Waals surface area contributed by atoms with E-state index in [1.807, 2.05) is 7.05 Å². The highest BCUT2D eigenvalue weighted by Gasteiger charge is 2.36. The van der Waals surface area contributed by atoms with Crippen molar-refractivity contribution in [2.45, 2.75) is 44.5 Å². The number of hydrogen-bond donors (Lipinski definition) is 1. The third-order valence-corrected chi connectivity index (χ3v) is 4.70. The predicted octanol–water partition coefficient (Wildman–Crippen LogP) is 2.17. The first-order valence-corrected chi connectivity index (χ1v) is 7.98. The highest BCUT2D eigenvalue weighted by molar-refractivity contribution is 5.37. The molecule has 1 aliphatic heterocycles. The molecule has 3 rings (SSSR count). The first-order chi connectivity index (χ1) is 10.3. The fourth-order valence-corrected chi connectivity index (χ4v) is 3.69. The Hall–Kier alpha value is -1.10. The second-order valence-corrected chi connectivity index (χ2v) is 6.05. The van der Waals surface area contributed by atoms with Crippen LogP contribution in [0.5, 0.6) is 5.75 Å². The number of methoxy groups -OCH3 is 1. The molecule has 2 atom stereocenters. The van der Waals surface area contributed by atoms with Crippen LogP contribution in [0.2, 0.25) is 0 Å². The molecule has 4 heteroatoms. The molecule has 1 saturated heterocycles. The van der Waals surface area contributed by atoms with Gasteiger partial charge in [0, 0.05) is 31.2 Å². The summed E-state index contributed by atoms with van der Waals surface area (Å²) in [6.45, 7) is 3.75. The number of nitrogens with one attached hydrogen (secondary N) is 1. The number of morpholine rings is 1. The van der Waals surface area contributed by atoms with E-state index >= 15 is 0 Å². The Morgan fingerprint density at radius 2 is 2.29 bits per heavy atom. The van der Waals surface area contributed by atoms with Crippen LogP contribution in [-0.2, 0) is 17.8 Å². The highest BCUT2D eigenvalue weighted by atomic mass is 16.5. The minimum atomic E-state index is 0.449. The Morgan fingerprint density at radius 1 is 1.38 bits per heavy atom. The maximum absolute atomic E-state index is 5.91. The van der Waals surface area contributed by atoms with Crippen LogP contribution in [0.15, 0.2) is 18.2 Å². The van der Waals surface area contributed by atoms with Crippen molar-refractivity contribution in [2.24, 2.45) is 0 Å². The summed E-state index contributed by atoms with van der Waals surface area (Å²) >= 11 is 0. The lowest BCUT2D eigenvalue weighted by Gasteiger charge is -2.38. The molecular formula is C17H26N2O2. The maximum atomic E-state index is 5.91. The van der Waals surface area contributed by atoms with Crippen LogP contribution in [0.25, 0.3) is 0 Å². The Kier molecular flexibility index (Phi) is 4.78. The molecule has 1 aliphatic carbocycles. The van der Waals surface area contributed by atoms with E-state index in [0.29, 0.717) is 12.1 Å². The Morgan fingerprint density at radius 3 is 3.10 bits per heavy atom. The number of benzene rings is 1. The molecule has 0 radical (unpaired) electrons. The van der Waals surface area contributed by atoms with Crippen molar-refractivity contribution in [1.82, 2.24) is 10.2 Å². The van der Waals surface area contributed by atoms with Gasteiger partial charge in [0.15, 0.2) is 0 Å². The van der Waals surface area contributed by atoms with Gasteiger partial charge in [-0.05, 0) is 44.0 Å². The van der Waals surface area contributed by atoms with Crippen LogP contribution in [0, 0.1) is 0 Å². The lowest BCUT2D eigenvalue weighted by atomic mass is 10.1. The van der Waals surface area contributed by atoms with E-state index in [9.17, 15) is 0 Å². The predicted molar refractivity (Wildman–Crippen MR) is 83.5 cm³/mol. The monoisotopic (exact) mass is 290 g/mol. The van der Waals surface area contributed by atoms with Gasteiger partial charge >= 0.3 is 0 Å². The summed E-state index contributed by atoms with van der Waals surface area (Å²) in [5.74, 6) is 0.996. The van der Waals surface area contributed by atoms with E-state index in [0.717, 1.165) is 32.0 Å². The average molecular weight is 290 g/mol. The number of fused-ring (bicyclic) bond motifs is 1. The Bertz CT molecular complexity index is 478. The van der Waals surface area contributed by atoms with Gasteiger partial charge in [-0.2, -0.15) is 0 Å². The first-order valence-electron chi connectivity index (χ1n) is 7.98. The van der Waals surface area contributed by atoms with Crippen LogP contribution in [0.3, 0.4) is 0 Å². The molecule has 1 heterocycles. The average Bonchev–Trinajstić information content (AvgIpc) is 2.97. The number of hydrogen-bond acceptors (Lipinski definition) is 4. The molecule has 0 aromatic heterocycles. The lowest BCUT2D eigenvalue weighted by Crippen LogP contribution is -2.47. The lowest BCUT2D eigenvalue weighted by molar-refractivity contribution is -0.0589. The van der Waals surface area contributed by atoms with E-state index in [-0.39, 0.29) is 0 Å². The van der Waals surface area contributed by atoms with Crippen molar-refractivity contribution in [3.8, 4) is 5.75 Å². The molecule has 1 saturated carbocycles. The molecule has 1 aromatic rings. The Labute approximate surface area is 127 Å². The van der Waals surface area contributed by atoms with Crippen LogP contribution >= 0.6 is 0 Å². The third-order valence-electron chi connectivity index (χ3n) is 4.70. The van der Waals surface area contributed by atoms with E-state index in [4.69, 9.17) is 9.47 Å². The fourth-order valence-electron chi connectivity index (χ4n) is 3.69. The fraction of sp³-hybridized carbons (Fsp3) is 0.647. The van der Waals surface area contributed by atoms with Crippen LogP contribution < -0.4 is 10.1 Å². The zero-order valence-corrected chi connectivity index (χ0v) is 13.1. The smallest absolute Gasteiger partial charge is 0.123 e. The van der Waals surface area contributed by atoms with Gasteiger partial charge in [0.25, 0.3) is 0 Å². The van der Waals surface area contributed by atoms with E-state index < -0.39 is 0 Å². The molecule has 2 fully saturated rings. The summed E-state index contributed by atoms with van der Waals surface area (Å²) in [7, 11) is 3.74. The van der Waals surface area contributed by atoms with Gasteiger partial charge < -0.3 is 14.8 Å². The standard InChI is InChI=1S/C17H26N2O2/c1-18-11-13-6-7-16(20-2)14(10-13)12-19-8-9-21-17-5-3-4-15(17)19/h6-7,10,15,17-18H,3-5,8-9,11-12H2,1-2H3. The molecular weight excluding hydrogens is 264 g/mol. The minimum absolute atomic E-state index is 0.449. The second kappa shape index (κ2) is 6.77. The number of nitrogens with zero attached hydrogens (tertiary/aromatic N) is 1. The van der Waals surface area contributed by atoms with Gasteiger partial charge in [-0.1, -0.05) is 6.07 Å². The largest absolute Gasteiger partial charge is 0.496 e. The molecule has 2 unspecified atom stereocenters. The summed E-state index contributed by atoms with van der Waals surface area (Å²) in [4.78, 5) is 2.59. The molecule has 116 valence electrons. The van der Waals surface area contributed by atoms with Crippen molar-refractivity contribution in [3.05, 3.63) is 29.3 Å². The topological polar surface area (TPSA) is 33.7 Å². The van der Waals surface area contributed by atoms with Crippen molar-refractivity contribution < 1.29 is 9.47 Å². The normalized spacial score (nSPS) is 25.8. The van der Waals surface area contributed by atoms with E-state index in [2.05, 4.69) is 28.4 Å². The van der Waals surface area contributed by atoms with Crippen molar-refractivity contribution in [1.29, 1.82) is 0 Å². The summed E-state index contributed by atoms with van der Waals surface area (Å²) in [6, 6.07) is 7.09. The van der Waals surface area contributed by atoms with Crippen molar-refractivity contribution in [2.75, 3.05) is 27.3 Å². The van der Waals surface area contributed by atoms with Crippen LogP contribution in [0.1, 0.15) is 30.4 Å². The molecule has 21 heavy (non-hydrogen) atoms. The van der Waals surface area contributed by atoms with E-state index in [1.165, 1.54) is 30.4 Å². The van der Waals surface area contributed by atoms with Crippen molar-refractivity contribution in [3.63, 3.8) is 0 Å². The van der Waals surface area contributed by atoms with Crippen LogP contribution in [0.4, 0.5) is 0 Å². The minimum Gasteiger partial charge on any atom is -0.496 e. The molecule has 0 bridgehead atoms. The zero-order valence-electron chi connectivity index (χ0n) is 13.1. The van der Waals surface area contributed by atoms with Gasteiger partial charge in [0.2, 0.25) is 0 Å². The zero-order chi connectivity index (χ0) is 14.7. The number of ether oxygens (including phenoxy) is 2. The Balaban J connectivity index is 1.77. The van der Waals surface area contributed by atoms with Gasteiger partial charge in [0.1, 0.15) is 5.75 Å². The first kappa shape index (κ1) is 14.8. The molecule has 0 spiro atoms. The van der Waals surface area contributed by atoms with Gasteiger partial charge in [-0.25, -0.2) is 0 Å².